The zero-order valence-corrected chi connectivity index (χ0v) is 17.1. The molecule has 1 N–H and O–H groups in total. The van der Waals surface area contributed by atoms with Gasteiger partial charge in [-0.1, -0.05) is 18.2 Å². The van der Waals surface area contributed by atoms with E-state index in [0.29, 0.717) is 29.7 Å². The van der Waals surface area contributed by atoms with Crippen LogP contribution in [0, 0.1) is 0 Å². The highest BCUT2D eigenvalue weighted by Crippen LogP contribution is 2.39. The molecule has 6 nitrogen and oxygen atoms in total. The van der Waals surface area contributed by atoms with Gasteiger partial charge in [0.25, 0.3) is 0 Å². The fourth-order valence-electron chi connectivity index (χ4n) is 3.94. The van der Waals surface area contributed by atoms with Gasteiger partial charge in [-0.3, -0.25) is 4.40 Å². The quantitative estimate of drug-likeness (QED) is 0.585. The van der Waals surface area contributed by atoms with Crippen LogP contribution >= 0.6 is 0 Å². The Morgan fingerprint density at radius 1 is 1.07 bits per heavy atom. The topological polar surface area (TPSA) is 57.0 Å². The third-order valence-electron chi connectivity index (χ3n) is 5.40. The van der Waals surface area contributed by atoms with Gasteiger partial charge in [-0.25, -0.2) is 4.98 Å². The molecule has 152 valence electrons. The second-order valence-electron chi connectivity index (χ2n) is 7.14. The molecule has 1 aliphatic carbocycles. The first kappa shape index (κ1) is 19.2. The van der Waals surface area contributed by atoms with Crippen LogP contribution in [-0.2, 0) is 6.54 Å². The number of ether oxygens (including phenoxy) is 3. The Labute approximate surface area is 171 Å². The summed E-state index contributed by atoms with van der Waals surface area (Å²) in [5.41, 5.74) is 3.14. The lowest BCUT2D eigenvalue weighted by Gasteiger charge is -2.19. The predicted octanol–water partition coefficient (Wildman–Crippen LogP) is 4.80. The van der Waals surface area contributed by atoms with Gasteiger partial charge in [0.05, 0.1) is 27.0 Å². The van der Waals surface area contributed by atoms with Crippen LogP contribution in [0.2, 0.25) is 0 Å². The highest BCUT2D eigenvalue weighted by Gasteiger charge is 2.22. The molecule has 2 aromatic heterocycles. The van der Waals surface area contributed by atoms with E-state index < -0.39 is 0 Å². The summed E-state index contributed by atoms with van der Waals surface area (Å²) < 4.78 is 18.5. The van der Waals surface area contributed by atoms with Gasteiger partial charge < -0.3 is 19.5 Å². The molecule has 29 heavy (non-hydrogen) atoms. The SMILES string of the molecule is COc1cc(CNc2c(C3CC=CCC3)nc3ccccn23)cc(OC)c1OC. The first-order valence-corrected chi connectivity index (χ1v) is 9.90. The summed E-state index contributed by atoms with van der Waals surface area (Å²) in [6.45, 7) is 0.620. The molecular weight excluding hydrogens is 366 g/mol. The zero-order chi connectivity index (χ0) is 20.2. The van der Waals surface area contributed by atoms with Gasteiger partial charge in [-0.05, 0) is 49.1 Å². The molecular formula is C23H27N3O3. The lowest BCUT2D eigenvalue weighted by atomic mass is 9.91. The number of nitrogens with zero attached hydrogens (tertiary/aromatic N) is 2. The van der Waals surface area contributed by atoms with Crippen LogP contribution < -0.4 is 19.5 Å². The molecule has 3 aromatic rings. The number of benzene rings is 1. The fraction of sp³-hybridized carbons (Fsp3) is 0.348. The number of nitrogens with one attached hydrogen (secondary N) is 1. The molecule has 0 saturated heterocycles. The molecule has 0 bridgehead atoms. The molecule has 0 amide bonds. The standard InChI is InChI=1S/C23H27N3O3/c1-27-18-13-16(14-19(28-2)22(18)29-3)15-24-23-21(17-9-5-4-6-10-17)25-20-11-7-8-12-26(20)23/h4-5,7-8,11-14,17,24H,6,9-10,15H2,1-3H3. The van der Waals surface area contributed by atoms with Crippen molar-refractivity contribution < 1.29 is 14.2 Å². The van der Waals surface area contributed by atoms with Crippen molar-refractivity contribution in [1.29, 1.82) is 0 Å². The van der Waals surface area contributed by atoms with E-state index in [2.05, 4.69) is 28.1 Å². The number of pyridine rings is 1. The summed E-state index contributed by atoms with van der Waals surface area (Å²) in [5, 5.41) is 3.61. The van der Waals surface area contributed by atoms with Gasteiger partial charge in [0.2, 0.25) is 5.75 Å². The van der Waals surface area contributed by atoms with Crippen molar-refractivity contribution in [3.05, 3.63) is 59.9 Å². The Kier molecular flexibility index (Phi) is 5.60. The summed E-state index contributed by atoms with van der Waals surface area (Å²) in [6, 6.07) is 10.0. The van der Waals surface area contributed by atoms with Crippen LogP contribution in [0.1, 0.15) is 36.4 Å². The number of aromatic nitrogens is 2. The molecule has 4 rings (SSSR count). The van der Waals surface area contributed by atoms with Gasteiger partial charge in [-0.2, -0.15) is 0 Å². The normalized spacial score (nSPS) is 16.0. The first-order valence-electron chi connectivity index (χ1n) is 9.90. The monoisotopic (exact) mass is 393 g/mol. The van der Waals surface area contributed by atoms with E-state index >= 15 is 0 Å². The Balaban J connectivity index is 1.67. The lowest BCUT2D eigenvalue weighted by Crippen LogP contribution is -2.09. The molecule has 0 aliphatic heterocycles. The number of imidazole rings is 1. The summed E-state index contributed by atoms with van der Waals surface area (Å²) in [6.07, 6.45) is 9.84. The molecule has 0 fully saturated rings. The Bertz CT molecular complexity index is 1000. The van der Waals surface area contributed by atoms with Crippen LogP contribution in [-0.4, -0.2) is 30.7 Å². The van der Waals surface area contributed by atoms with E-state index in [1.807, 2.05) is 30.3 Å². The number of hydrogen-bond acceptors (Lipinski definition) is 5. The molecule has 6 heteroatoms. The van der Waals surface area contributed by atoms with Gasteiger partial charge in [0.15, 0.2) is 11.5 Å². The van der Waals surface area contributed by atoms with Crippen molar-refractivity contribution >= 4 is 11.5 Å². The lowest BCUT2D eigenvalue weighted by molar-refractivity contribution is 0.324. The maximum Gasteiger partial charge on any atom is 0.203 e. The van der Waals surface area contributed by atoms with Crippen LogP contribution in [0.25, 0.3) is 5.65 Å². The number of hydrogen-bond donors (Lipinski definition) is 1. The van der Waals surface area contributed by atoms with Crippen molar-refractivity contribution in [1.82, 2.24) is 9.38 Å². The van der Waals surface area contributed by atoms with Crippen molar-refractivity contribution in [3.63, 3.8) is 0 Å². The second-order valence-corrected chi connectivity index (χ2v) is 7.14. The highest BCUT2D eigenvalue weighted by atomic mass is 16.5. The van der Waals surface area contributed by atoms with Crippen molar-refractivity contribution in [2.75, 3.05) is 26.6 Å². The summed E-state index contributed by atoms with van der Waals surface area (Å²) in [7, 11) is 4.88. The number of allylic oxidation sites excluding steroid dienone is 2. The smallest absolute Gasteiger partial charge is 0.203 e. The highest BCUT2D eigenvalue weighted by molar-refractivity contribution is 5.58. The maximum atomic E-state index is 5.49. The van der Waals surface area contributed by atoms with Gasteiger partial charge >= 0.3 is 0 Å². The van der Waals surface area contributed by atoms with E-state index in [1.165, 1.54) is 0 Å². The molecule has 0 radical (unpaired) electrons. The number of fused-ring (bicyclic) bond motifs is 1. The summed E-state index contributed by atoms with van der Waals surface area (Å²) in [5.74, 6) is 3.39. The minimum absolute atomic E-state index is 0.433. The predicted molar refractivity (Wildman–Crippen MR) is 114 cm³/mol. The van der Waals surface area contributed by atoms with Crippen molar-refractivity contribution in [3.8, 4) is 17.2 Å². The summed E-state index contributed by atoms with van der Waals surface area (Å²) in [4.78, 5) is 4.94. The van der Waals surface area contributed by atoms with E-state index in [0.717, 1.165) is 42.0 Å². The Hall–Kier alpha value is -3.15. The average molecular weight is 393 g/mol. The maximum absolute atomic E-state index is 5.49. The molecule has 2 heterocycles. The van der Waals surface area contributed by atoms with E-state index in [4.69, 9.17) is 19.2 Å². The van der Waals surface area contributed by atoms with Crippen molar-refractivity contribution in [2.45, 2.75) is 31.7 Å². The van der Waals surface area contributed by atoms with Gasteiger partial charge in [-0.15, -0.1) is 0 Å². The summed E-state index contributed by atoms with van der Waals surface area (Å²) >= 11 is 0. The molecule has 1 atom stereocenters. The van der Waals surface area contributed by atoms with Gasteiger partial charge in [0, 0.05) is 18.7 Å². The number of anilines is 1. The third kappa shape index (κ3) is 3.75. The molecule has 0 saturated carbocycles. The molecule has 1 aliphatic rings. The van der Waals surface area contributed by atoms with Crippen LogP contribution in [0.4, 0.5) is 5.82 Å². The molecule has 0 spiro atoms. The van der Waals surface area contributed by atoms with Crippen LogP contribution in [0.15, 0.2) is 48.7 Å². The Morgan fingerprint density at radius 3 is 2.52 bits per heavy atom. The second kappa shape index (κ2) is 8.47. The zero-order valence-electron chi connectivity index (χ0n) is 17.1. The average Bonchev–Trinajstić information content (AvgIpc) is 3.16. The van der Waals surface area contributed by atoms with E-state index in [1.54, 1.807) is 21.3 Å². The van der Waals surface area contributed by atoms with E-state index in [9.17, 15) is 0 Å². The largest absolute Gasteiger partial charge is 0.493 e. The minimum Gasteiger partial charge on any atom is -0.493 e. The molecule has 1 aromatic carbocycles. The Morgan fingerprint density at radius 2 is 1.86 bits per heavy atom. The number of methoxy groups -OCH3 is 3. The first-order chi connectivity index (χ1) is 14.2. The van der Waals surface area contributed by atoms with Crippen LogP contribution in [0.5, 0.6) is 17.2 Å². The van der Waals surface area contributed by atoms with E-state index in [-0.39, 0.29) is 0 Å². The minimum atomic E-state index is 0.433. The van der Waals surface area contributed by atoms with Crippen molar-refractivity contribution in [2.24, 2.45) is 0 Å². The third-order valence-corrected chi connectivity index (χ3v) is 5.40. The molecule has 1 unspecified atom stereocenters. The van der Waals surface area contributed by atoms with Gasteiger partial charge in [0.1, 0.15) is 11.5 Å². The number of rotatable bonds is 7. The fourth-order valence-corrected chi connectivity index (χ4v) is 3.94. The van der Waals surface area contributed by atoms with Crippen LogP contribution in [0.3, 0.4) is 0 Å².